The molecule has 12 heavy (non-hydrogen) atoms. The molecule has 7 heteroatoms. The number of carbonyl (C=O) groups excluding carboxylic acids is 1. The van der Waals surface area contributed by atoms with E-state index < -0.39 is 18.6 Å². The van der Waals surface area contributed by atoms with Gasteiger partial charge in [-0.3, -0.25) is 4.79 Å². The van der Waals surface area contributed by atoms with E-state index in [1.807, 2.05) is 0 Å². The minimum absolute atomic E-state index is 0. The Kier molecular flexibility index (Phi) is 7.12. The van der Waals surface area contributed by atoms with Gasteiger partial charge in [-0.2, -0.15) is 13.2 Å². The largest absolute Gasteiger partial charge is 0.405 e. The lowest BCUT2D eigenvalue weighted by atomic mass is 10.4. The van der Waals surface area contributed by atoms with Gasteiger partial charge in [0.15, 0.2) is 0 Å². The quantitative estimate of drug-likeness (QED) is 0.704. The summed E-state index contributed by atoms with van der Waals surface area (Å²) < 4.78 is 34.2. The van der Waals surface area contributed by atoms with Crippen molar-refractivity contribution in [2.45, 2.75) is 12.6 Å². The molecule has 0 aliphatic rings. The molecular weight excluding hydrogens is 197 g/mol. The molecule has 0 aliphatic carbocycles. The first-order valence-electron chi connectivity index (χ1n) is 2.99. The van der Waals surface area contributed by atoms with Gasteiger partial charge in [-0.25, -0.2) is 0 Å². The monoisotopic (exact) mass is 206 g/mol. The molecule has 0 bridgehead atoms. The fourth-order valence-corrected chi connectivity index (χ4v) is 0.418. The van der Waals surface area contributed by atoms with Crippen LogP contribution in [0.15, 0.2) is 0 Å². The summed E-state index contributed by atoms with van der Waals surface area (Å²) in [6, 6.07) is 0. The van der Waals surface area contributed by atoms with Gasteiger partial charge >= 0.3 is 6.18 Å². The van der Waals surface area contributed by atoms with E-state index >= 15 is 0 Å². The van der Waals surface area contributed by atoms with Crippen LogP contribution in [-0.2, 0) is 4.79 Å². The maximum Gasteiger partial charge on any atom is 0.405 e. The molecule has 0 saturated heterocycles. The average molecular weight is 207 g/mol. The number of halogens is 4. The maximum atomic E-state index is 11.4. The zero-order chi connectivity index (χ0) is 8.91. The van der Waals surface area contributed by atoms with Crippen LogP contribution in [0.2, 0.25) is 0 Å². The Morgan fingerprint density at radius 1 is 1.42 bits per heavy atom. The predicted octanol–water partition coefficient (Wildman–Crippen LogP) is 0.436. The summed E-state index contributed by atoms with van der Waals surface area (Å²) in [4.78, 5) is 10.4. The van der Waals surface area contributed by atoms with E-state index in [-0.39, 0.29) is 25.4 Å². The van der Waals surface area contributed by atoms with Gasteiger partial charge in [0, 0.05) is 13.0 Å². The molecule has 1 amide bonds. The number of hydrogen-bond acceptors (Lipinski definition) is 2. The molecule has 3 nitrogen and oxygen atoms in total. The van der Waals surface area contributed by atoms with E-state index in [0.717, 1.165) is 0 Å². The SMILES string of the molecule is Cl.NCCC(=O)NCC(F)(F)F. The summed E-state index contributed by atoms with van der Waals surface area (Å²) in [7, 11) is 0. The highest BCUT2D eigenvalue weighted by Crippen LogP contribution is 2.11. The van der Waals surface area contributed by atoms with Crippen LogP contribution in [0.25, 0.3) is 0 Å². The first-order chi connectivity index (χ1) is 4.95. The molecule has 0 aromatic heterocycles. The molecule has 0 aliphatic heterocycles. The van der Waals surface area contributed by atoms with Gasteiger partial charge in [-0.1, -0.05) is 0 Å². The molecule has 74 valence electrons. The number of nitrogens with one attached hydrogen (secondary N) is 1. The zero-order valence-corrected chi connectivity index (χ0v) is 6.97. The van der Waals surface area contributed by atoms with Crippen LogP contribution in [-0.4, -0.2) is 25.2 Å². The van der Waals surface area contributed by atoms with Gasteiger partial charge in [0.2, 0.25) is 5.91 Å². The molecule has 0 saturated carbocycles. The van der Waals surface area contributed by atoms with Gasteiger partial charge < -0.3 is 11.1 Å². The fraction of sp³-hybridized carbons (Fsp3) is 0.800. The Morgan fingerprint density at radius 2 is 1.92 bits per heavy atom. The Balaban J connectivity index is 0. The van der Waals surface area contributed by atoms with E-state index in [9.17, 15) is 18.0 Å². The maximum absolute atomic E-state index is 11.4. The van der Waals surface area contributed by atoms with Crippen molar-refractivity contribution in [2.24, 2.45) is 5.73 Å². The van der Waals surface area contributed by atoms with E-state index in [1.54, 1.807) is 5.32 Å². The van der Waals surface area contributed by atoms with Crippen molar-refractivity contribution in [2.75, 3.05) is 13.1 Å². The summed E-state index contributed by atoms with van der Waals surface area (Å²) in [6.07, 6.45) is -4.42. The Labute approximate surface area is 73.9 Å². The smallest absolute Gasteiger partial charge is 0.347 e. The molecule has 0 spiro atoms. The van der Waals surface area contributed by atoms with Gasteiger partial charge in [0.05, 0.1) is 0 Å². The van der Waals surface area contributed by atoms with Crippen molar-refractivity contribution in [3.8, 4) is 0 Å². The standard InChI is InChI=1S/C5H9F3N2O.ClH/c6-5(7,8)3-10-4(11)1-2-9;/h1-3,9H2,(H,10,11);1H. The molecule has 0 atom stereocenters. The normalized spacial score (nSPS) is 10.3. The Hall–Kier alpha value is -0.490. The average Bonchev–Trinajstić information content (AvgIpc) is 1.83. The topological polar surface area (TPSA) is 55.1 Å². The first kappa shape index (κ1) is 14.1. The summed E-state index contributed by atoms with van der Waals surface area (Å²) in [5, 5.41) is 1.68. The number of amides is 1. The minimum Gasteiger partial charge on any atom is -0.347 e. The second kappa shape index (κ2) is 6.07. The van der Waals surface area contributed by atoms with Gasteiger partial charge in [0.1, 0.15) is 6.54 Å². The highest BCUT2D eigenvalue weighted by atomic mass is 35.5. The molecule has 0 heterocycles. The number of alkyl halides is 3. The molecule has 0 aromatic rings. The lowest BCUT2D eigenvalue weighted by Crippen LogP contribution is -2.34. The minimum atomic E-state index is -4.34. The van der Waals surface area contributed by atoms with Crippen molar-refractivity contribution >= 4 is 18.3 Å². The van der Waals surface area contributed by atoms with Crippen LogP contribution in [0.1, 0.15) is 6.42 Å². The number of hydrogen-bond donors (Lipinski definition) is 2. The second-order valence-corrected chi connectivity index (χ2v) is 1.93. The van der Waals surface area contributed by atoms with E-state index in [4.69, 9.17) is 5.73 Å². The third-order valence-electron chi connectivity index (χ3n) is 0.857. The van der Waals surface area contributed by atoms with Crippen molar-refractivity contribution in [3.05, 3.63) is 0 Å². The lowest BCUT2D eigenvalue weighted by Gasteiger charge is -2.06. The van der Waals surface area contributed by atoms with Gasteiger partial charge in [-0.15, -0.1) is 12.4 Å². The molecule has 0 aromatic carbocycles. The summed E-state index contributed by atoms with van der Waals surface area (Å²) in [5.41, 5.74) is 4.93. The third-order valence-corrected chi connectivity index (χ3v) is 0.857. The van der Waals surface area contributed by atoms with Crippen LogP contribution in [0.4, 0.5) is 13.2 Å². The Morgan fingerprint density at radius 3 is 2.25 bits per heavy atom. The molecular formula is C5H10ClF3N2O. The molecule has 0 unspecified atom stereocenters. The van der Waals surface area contributed by atoms with Crippen molar-refractivity contribution in [3.63, 3.8) is 0 Å². The highest BCUT2D eigenvalue weighted by molar-refractivity contribution is 5.85. The number of carbonyl (C=O) groups is 1. The highest BCUT2D eigenvalue weighted by Gasteiger charge is 2.27. The van der Waals surface area contributed by atoms with Crippen LogP contribution < -0.4 is 11.1 Å². The van der Waals surface area contributed by atoms with Crippen LogP contribution in [0, 0.1) is 0 Å². The molecule has 0 fully saturated rings. The fourth-order valence-electron chi connectivity index (χ4n) is 0.418. The van der Waals surface area contributed by atoms with Crippen LogP contribution in [0.3, 0.4) is 0 Å². The van der Waals surface area contributed by atoms with Crippen LogP contribution in [0.5, 0.6) is 0 Å². The van der Waals surface area contributed by atoms with Gasteiger partial charge in [0.25, 0.3) is 0 Å². The van der Waals surface area contributed by atoms with Crippen molar-refractivity contribution in [1.29, 1.82) is 0 Å². The molecule has 3 N–H and O–H groups in total. The Bertz CT molecular complexity index is 139. The molecule has 0 radical (unpaired) electrons. The molecule has 0 rings (SSSR count). The lowest BCUT2D eigenvalue weighted by molar-refractivity contribution is -0.138. The summed E-state index contributed by atoms with van der Waals surface area (Å²) >= 11 is 0. The summed E-state index contributed by atoms with van der Waals surface area (Å²) in [5.74, 6) is -0.676. The van der Waals surface area contributed by atoms with E-state index in [1.165, 1.54) is 0 Å². The third kappa shape index (κ3) is 9.51. The first-order valence-corrected chi connectivity index (χ1v) is 2.99. The summed E-state index contributed by atoms with van der Waals surface area (Å²) in [6.45, 7) is -1.23. The number of rotatable bonds is 3. The van der Waals surface area contributed by atoms with E-state index in [0.29, 0.717) is 0 Å². The van der Waals surface area contributed by atoms with Crippen molar-refractivity contribution < 1.29 is 18.0 Å². The van der Waals surface area contributed by atoms with E-state index in [2.05, 4.69) is 0 Å². The number of nitrogens with two attached hydrogens (primary N) is 1. The second-order valence-electron chi connectivity index (χ2n) is 1.93. The predicted molar refractivity (Wildman–Crippen MR) is 40.0 cm³/mol. The van der Waals surface area contributed by atoms with Crippen LogP contribution >= 0.6 is 12.4 Å². The zero-order valence-electron chi connectivity index (χ0n) is 6.15. The van der Waals surface area contributed by atoms with Crippen molar-refractivity contribution in [1.82, 2.24) is 5.32 Å². The van der Waals surface area contributed by atoms with Gasteiger partial charge in [-0.05, 0) is 0 Å².